The SMILES string of the molecule is COc1cccc(-c2ccc(N3CCC(NCc4cc(C)[nH]n4)CC3)cc2)c1. The Morgan fingerprint density at radius 3 is 2.54 bits per heavy atom. The Kier molecular flexibility index (Phi) is 5.63. The minimum atomic E-state index is 0.560. The first-order valence-electron chi connectivity index (χ1n) is 9.95. The van der Waals surface area contributed by atoms with Crippen LogP contribution in [-0.2, 0) is 6.54 Å². The molecule has 4 rings (SSSR count). The summed E-state index contributed by atoms with van der Waals surface area (Å²) >= 11 is 0. The predicted octanol–water partition coefficient (Wildman–Crippen LogP) is 4.15. The molecule has 0 unspecified atom stereocenters. The molecule has 0 atom stereocenters. The maximum Gasteiger partial charge on any atom is 0.119 e. The Hall–Kier alpha value is -2.79. The van der Waals surface area contributed by atoms with E-state index in [9.17, 15) is 0 Å². The molecule has 5 heteroatoms. The standard InChI is InChI=1S/C23H28N4O/c1-17-14-21(26-25-17)16-24-20-10-12-27(13-11-20)22-8-6-18(7-9-22)19-4-3-5-23(15-19)28-2/h3-9,14-15,20,24H,10-13,16H2,1-2H3,(H,25,26). The van der Waals surface area contributed by atoms with Crippen LogP contribution in [0.5, 0.6) is 5.75 Å². The molecular formula is C23H28N4O. The van der Waals surface area contributed by atoms with Gasteiger partial charge in [-0.15, -0.1) is 0 Å². The lowest BCUT2D eigenvalue weighted by Gasteiger charge is -2.34. The molecule has 2 N–H and O–H groups in total. The lowest BCUT2D eigenvalue weighted by atomic mass is 10.0. The summed E-state index contributed by atoms with van der Waals surface area (Å²) in [5.74, 6) is 0.890. The van der Waals surface area contributed by atoms with E-state index >= 15 is 0 Å². The number of piperidine rings is 1. The molecule has 0 radical (unpaired) electrons. The fourth-order valence-corrected chi connectivity index (χ4v) is 3.82. The third kappa shape index (κ3) is 4.37. The van der Waals surface area contributed by atoms with Crippen LogP contribution in [-0.4, -0.2) is 36.4 Å². The van der Waals surface area contributed by atoms with Gasteiger partial charge in [-0.3, -0.25) is 5.10 Å². The predicted molar refractivity (Wildman–Crippen MR) is 114 cm³/mol. The van der Waals surface area contributed by atoms with Crippen LogP contribution < -0.4 is 15.0 Å². The highest BCUT2D eigenvalue weighted by molar-refractivity contribution is 5.67. The fraction of sp³-hybridized carbons (Fsp3) is 0.348. The number of hydrogen-bond acceptors (Lipinski definition) is 4. The summed E-state index contributed by atoms with van der Waals surface area (Å²) in [4.78, 5) is 2.48. The van der Waals surface area contributed by atoms with E-state index in [1.807, 2.05) is 19.1 Å². The second kappa shape index (κ2) is 8.48. The molecule has 0 saturated carbocycles. The van der Waals surface area contributed by atoms with Crippen LogP contribution >= 0.6 is 0 Å². The molecular weight excluding hydrogens is 348 g/mol. The van der Waals surface area contributed by atoms with Crippen molar-refractivity contribution >= 4 is 5.69 Å². The van der Waals surface area contributed by atoms with Crippen molar-refractivity contribution in [3.05, 3.63) is 66.0 Å². The summed E-state index contributed by atoms with van der Waals surface area (Å²) in [6.07, 6.45) is 2.31. The molecule has 0 aliphatic carbocycles. The molecule has 5 nitrogen and oxygen atoms in total. The number of methoxy groups -OCH3 is 1. The van der Waals surface area contributed by atoms with E-state index in [1.165, 1.54) is 16.8 Å². The second-order valence-electron chi connectivity index (χ2n) is 7.46. The molecule has 1 aliphatic rings. The summed E-state index contributed by atoms with van der Waals surface area (Å²) in [5, 5.41) is 10.9. The highest BCUT2D eigenvalue weighted by atomic mass is 16.5. The molecule has 2 aromatic carbocycles. The lowest BCUT2D eigenvalue weighted by Crippen LogP contribution is -2.42. The highest BCUT2D eigenvalue weighted by Crippen LogP contribution is 2.27. The summed E-state index contributed by atoms with van der Waals surface area (Å²) in [7, 11) is 1.70. The van der Waals surface area contributed by atoms with E-state index in [4.69, 9.17) is 4.74 Å². The van der Waals surface area contributed by atoms with Gasteiger partial charge >= 0.3 is 0 Å². The Balaban J connectivity index is 1.32. The summed E-state index contributed by atoms with van der Waals surface area (Å²) in [6.45, 7) is 5.03. The quantitative estimate of drug-likeness (QED) is 0.678. The highest BCUT2D eigenvalue weighted by Gasteiger charge is 2.19. The zero-order valence-corrected chi connectivity index (χ0v) is 16.6. The summed E-state index contributed by atoms with van der Waals surface area (Å²) in [5.41, 5.74) is 5.90. The molecule has 1 fully saturated rings. The Morgan fingerprint density at radius 1 is 1.07 bits per heavy atom. The first-order valence-corrected chi connectivity index (χ1v) is 9.95. The molecule has 1 aliphatic heterocycles. The summed E-state index contributed by atoms with van der Waals surface area (Å²) in [6, 6.07) is 19.7. The van der Waals surface area contributed by atoms with Gasteiger partial charge in [0.25, 0.3) is 0 Å². The van der Waals surface area contributed by atoms with E-state index in [-0.39, 0.29) is 0 Å². The number of aromatic nitrogens is 2. The van der Waals surface area contributed by atoms with Gasteiger partial charge in [0, 0.05) is 37.1 Å². The maximum atomic E-state index is 5.33. The Bertz CT molecular complexity index is 895. The largest absolute Gasteiger partial charge is 0.497 e. The Labute approximate surface area is 166 Å². The van der Waals surface area contributed by atoms with Gasteiger partial charge in [0.05, 0.1) is 12.8 Å². The average Bonchev–Trinajstić information content (AvgIpc) is 3.18. The number of ether oxygens (including phenoxy) is 1. The van der Waals surface area contributed by atoms with Crippen LogP contribution in [0.3, 0.4) is 0 Å². The van der Waals surface area contributed by atoms with E-state index in [2.05, 4.69) is 62.9 Å². The number of nitrogens with one attached hydrogen (secondary N) is 2. The molecule has 0 spiro atoms. The van der Waals surface area contributed by atoms with E-state index in [0.717, 1.165) is 49.6 Å². The first-order chi connectivity index (χ1) is 13.7. The number of hydrogen-bond donors (Lipinski definition) is 2. The van der Waals surface area contributed by atoms with Gasteiger partial charge in [-0.2, -0.15) is 5.10 Å². The topological polar surface area (TPSA) is 53.2 Å². The van der Waals surface area contributed by atoms with Gasteiger partial charge in [0.2, 0.25) is 0 Å². The van der Waals surface area contributed by atoms with Gasteiger partial charge < -0.3 is 15.0 Å². The van der Waals surface area contributed by atoms with Crippen LogP contribution in [0.2, 0.25) is 0 Å². The third-order valence-corrected chi connectivity index (χ3v) is 5.46. The minimum absolute atomic E-state index is 0.560. The molecule has 0 bridgehead atoms. The number of nitrogens with zero attached hydrogens (tertiary/aromatic N) is 2. The molecule has 28 heavy (non-hydrogen) atoms. The third-order valence-electron chi connectivity index (χ3n) is 5.46. The molecule has 2 heterocycles. The summed E-state index contributed by atoms with van der Waals surface area (Å²) < 4.78 is 5.33. The molecule has 1 saturated heterocycles. The normalized spacial score (nSPS) is 15.0. The first kappa shape index (κ1) is 18.6. The fourth-order valence-electron chi connectivity index (χ4n) is 3.82. The molecule has 0 amide bonds. The monoisotopic (exact) mass is 376 g/mol. The van der Waals surface area contributed by atoms with Crippen molar-refractivity contribution in [3.8, 4) is 16.9 Å². The number of rotatable bonds is 6. The molecule has 146 valence electrons. The second-order valence-corrected chi connectivity index (χ2v) is 7.46. The van der Waals surface area contributed by atoms with Crippen LogP contribution in [0.4, 0.5) is 5.69 Å². The zero-order valence-electron chi connectivity index (χ0n) is 16.6. The van der Waals surface area contributed by atoms with Crippen LogP contribution in [0.15, 0.2) is 54.6 Å². The van der Waals surface area contributed by atoms with Crippen LogP contribution in [0.25, 0.3) is 11.1 Å². The number of benzene rings is 2. The number of H-pyrrole nitrogens is 1. The Morgan fingerprint density at radius 2 is 1.86 bits per heavy atom. The van der Waals surface area contributed by atoms with Crippen molar-refractivity contribution in [1.29, 1.82) is 0 Å². The van der Waals surface area contributed by atoms with Gasteiger partial charge in [-0.25, -0.2) is 0 Å². The van der Waals surface area contributed by atoms with E-state index < -0.39 is 0 Å². The minimum Gasteiger partial charge on any atom is -0.497 e. The molecule has 3 aromatic rings. The maximum absolute atomic E-state index is 5.33. The van der Waals surface area contributed by atoms with Gasteiger partial charge in [0.15, 0.2) is 0 Å². The average molecular weight is 377 g/mol. The van der Waals surface area contributed by atoms with Gasteiger partial charge in [0.1, 0.15) is 5.75 Å². The number of aryl methyl sites for hydroxylation is 1. The van der Waals surface area contributed by atoms with Crippen molar-refractivity contribution in [2.45, 2.75) is 32.4 Å². The molecule has 1 aromatic heterocycles. The van der Waals surface area contributed by atoms with Gasteiger partial charge in [-0.1, -0.05) is 24.3 Å². The van der Waals surface area contributed by atoms with Crippen molar-refractivity contribution in [1.82, 2.24) is 15.5 Å². The van der Waals surface area contributed by atoms with Crippen molar-refractivity contribution in [2.75, 3.05) is 25.1 Å². The zero-order chi connectivity index (χ0) is 19.3. The van der Waals surface area contributed by atoms with E-state index in [1.54, 1.807) is 7.11 Å². The number of aromatic amines is 1. The van der Waals surface area contributed by atoms with E-state index in [0.29, 0.717) is 6.04 Å². The lowest BCUT2D eigenvalue weighted by molar-refractivity contribution is 0.412. The van der Waals surface area contributed by atoms with Crippen molar-refractivity contribution in [3.63, 3.8) is 0 Å². The van der Waals surface area contributed by atoms with Crippen LogP contribution in [0.1, 0.15) is 24.2 Å². The van der Waals surface area contributed by atoms with Crippen molar-refractivity contribution < 1.29 is 4.74 Å². The smallest absolute Gasteiger partial charge is 0.119 e. The van der Waals surface area contributed by atoms with Crippen LogP contribution in [0, 0.1) is 6.92 Å². The van der Waals surface area contributed by atoms with Gasteiger partial charge in [-0.05, 0) is 61.2 Å². The van der Waals surface area contributed by atoms with Crippen molar-refractivity contribution in [2.24, 2.45) is 0 Å². The number of anilines is 1.